The van der Waals surface area contributed by atoms with Crippen molar-refractivity contribution in [2.75, 3.05) is 0 Å². The van der Waals surface area contributed by atoms with Gasteiger partial charge in [0.1, 0.15) is 0 Å². The summed E-state index contributed by atoms with van der Waals surface area (Å²) in [6.45, 7) is 3.62. The minimum absolute atomic E-state index is 0.0309. The van der Waals surface area contributed by atoms with Gasteiger partial charge in [0.05, 0.1) is 9.82 Å². The van der Waals surface area contributed by atoms with Crippen LogP contribution < -0.4 is 4.72 Å². The van der Waals surface area contributed by atoms with Gasteiger partial charge in [0.2, 0.25) is 10.0 Å². The quantitative estimate of drug-likeness (QED) is 0.642. The Kier molecular flexibility index (Phi) is 4.19. The molecule has 0 aliphatic carbocycles. The first kappa shape index (κ1) is 13.6. The molecule has 0 radical (unpaired) electrons. The van der Waals surface area contributed by atoms with Crippen LogP contribution in [0.15, 0.2) is 29.2 Å². The van der Waals surface area contributed by atoms with Gasteiger partial charge in [-0.1, -0.05) is 6.92 Å². The lowest BCUT2D eigenvalue weighted by Crippen LogP contribution is -2.31. The molecule has 1 aromatic rings. The minimum Gasteiger partial charge on any atom is -0.258 e. The molecule has 0 aliphatic heterocycles. The second-order valence-electron chi connectivity index (χ2n) is 3.68. The van der Waals surface area contributed by atoms with Gasteiger partial charge in [-0.25, -0.2) is 13.1 Å². The largest absolute Gasteiger partial charge is 0.269 e. The topological polar surface area (TPSA) is 89.3 Å². The number of non-ortho nitro benzene ring substituents is 1. The fraction of sp³-hybridized carbons (Fsp3) is 0.400. The highest BCUT2D eigenvalue weighted by molar-refractivity contribution is 7.89. The maximum Gasteiger partial charge on any atom is 0.269 e. The summed E-state index contributed by atoms with van der Waals surface area (Å²) in [6.07, 6.45) is 0.673. The normalized spacial score (nSPS) is 13.3. The monoisotopic (exact) mass is 258 g/mol. The third-order valence-electron chi connectivity index (χ3n) is 2.33. The van der Waals surface area contributed by atoms with Gasteiger partial charge in [-0.2, -0.15) is 0 Å². The van der Waals surface area contributed by atoms with E-state index in [-0.39, 0.29) is 16.6 Å². The molecular weight excluding hydrogens is 244 g/mol. The van der Waals surface area contributed by atoms with Crippen molar-refractivity contribution in [2.24, 2.45) is 0 Å². The van der Waals surface area contributed by atoms with Crippen molar-refractivity contribution in [1.29, 1.82) is 0 Å². The lowest BCUT2D eigenvalue weighted by molar-refractivity contribution is -0.384. The fourth-order valence-electron chi connectivity index (χ4n) is 1.16. The van der Waals surface area contributed by atoms with Crippen molar-refractivity contribution in [3.05, 3.63) is 34.4 Å². The summed E-state index contributed by atoms with van der Waals surface area (Å²) < 4.78 is 26.1. The van der Waals surface area contributed by atoms with Gasteiger partial charge < -0.3 is 0 Å². The van der Waals surface area contributed by atoms with Crippen molar-refractivity contribution < 1.29 is 13.3 Å². The Morgan fingerprint density at radius 2 is 1.88 bits per heavy atom. The Bertz CT molecular complexity index is 496. The van der Waals surface area contributed by atoms with Crippen molar-refractivity contribution in [3.8, 4) is 0 Å². The lowest BCUT2D eigenvalue weighted by atomic mass is 10.3. The predicted molar refractivity (Wildman–Crippen MR) is 63.2 cm³/mol. The van der Waals surface area contributed by atoms with Crippen LogP contribution in [0.4, 0.5) is 5.69 Å². The number of nitro groups is 1. The molecule has 7 heteroatoms. The molecule has 0 heterocycles. The Morgan fingerprint density at radius 1 is 1.35 bits per heavy atom. The van der Waals surface area contributed by atoms with Crippen LogP contribution >= 0.6 is 0 Å². The zero-order valence-corrected chi connectivity index (χ0v) is 10.4. The van der Waals surface area contributed by atoms with E-state index >= 15 is 0 Å². The van der Waals surface area contributed by atoms with E-state index in [1.165, 1.54) is 24.3 Å². The van der Waals surface area contributed by atoms with Crippen molar-refractivity contribution >= 4 is 15.7 Å². The second kappa shape index (κ2) is 5.24. The molecule has 0 aliphatic rings. The number of hydrogen-bond donors (Lipinski definition) is 1. The number of nitro benzene ring substituents is 1. The van der Waals surface area contributed by atoms with Crippen LogP contribution in [0.5, 0.6) is 0 Å². The molecule has 0 bridgehead atoms. The van der Waals surface area contributed by atoms with Gasteiger partial charge >= 0.3 is 0 Å². The number of nitrogens with zero attached hydrogens (tertiary/aromatic N) is 1. The average Bonchev–Trinajstić information content (AvgIpc) is 2.28. The van der Waals surface area contributed by atoms with Crippen molar-refractivity contribution in [3.63, 3.8) is 0 Å². The van der Waals surface area contributed by atoms with Gasteiger partial charge in [-0.3, -0.25) is 10.1 Å². The fourth-order valence-corrected chi connectivity index (χ4v) is 2.49. The Labute approximate surface area is 99.9 Å². The minimum atomic E-state index is -3.59. The Balaban J connectivity index is 2.96. The summed E-state index contributed by atoms with van der Waals surface area (Å²) in [5.41, 5.74) is -0.132. The summed E-state index contributed by atoms with van der Waals surface area (Å²) in [4.78, 5) is 9.89. The molecule has 1 N–H and O–H groups in total. The molecule has 0 amide bonds. The molecule has 17 heavy (non-hydrogen) atoms. The van der Waals surface area contributed by atoms with Gasteiger partial charge in [0, 0.05) is 18.2 Å². The molecule has 0 spiro atoms. The van der Waals surface area contributed by atoms with E-state index in [0.29, 0.717) is 6.42 Å². The molecule has 1 rings (SSSR count). The zero-order valence-electron chi connectivity index (χ0n) is 9.58. The molecule has 1 unspecified atom stereocenters. The number of hydrogen-bond acceptors (Lipinski definition) is 4. The summed E-state index contributed by atoms with van der Waals surface area (Å²) in [5, 5.41) is 10.4. The van der Waals surface area contributed by atoms with Crippen molar-refractivity contribution in [2.45, 2.75) is 31.2 Å². The SMILES string of the molecule is CCC(C)NS(=O)(=O)c1ccc([N+](=O)[O-])cc1. The van der Waals surface area contributed by atoms with E-state index in [9.17, 15) is 18.5 Å². The van der Waals surface area contributed by atoms with E-state index in [4.69, 9.17) is 0 Å². The number of nitrogens with one attached hydrogen (secondary N) is 1. The summed E-state index contributed by atoms with van der Waals surface area (Å²) in [6, 6.07) is 4.62. The van der Waals surface area contributed by atoms with Crippen LogP contribution in [0, 0.1) is 10.1 Å². The van der Waals surface area contributed by atoms with E-state index in [2.05, 4.69) is 4.72 Å². The third kappa shape index (κ3) is 3.50. The molecule has 1 atom stereocenters. The first-order valence-corrected chi connectivity index (χ1v) is 6.62. The smallest absolute Gasteiger partial charge is 0.258 e. The zero-order chi connectivity index (χ0) is 13.1. The molecule has 1 aromatic carbocycles. The predicted octanol–water partition coefficient (Wildman–Crippen LogP) is 1.67. The highest BCUT2D eigenvalue weighted by Gasteiger charge is 2.17. The highest BCUT2D eigenvalue weighted by Crippen LogP contribution is 2.16. The highest BCUT2D eigenvalue weighted by atomic mass is 32.2. The van der Waals surface area contributed by atoms with Crippen LogP contribution in [0.25, 0.3) is 0 Å². The van der Waals surface area contributed by atoms with Crippen LogP contribution in [0.2, 0.25) is 0 Å². The lowest BCUT2D eigenvalue weighted by Gasteiger charge is -2.11. The standard InChI is InChI=1S/C10H14N2O4S/c1-3-8(2)11-17(15,16)10-6-4-9(5-7-10)12(13)14/h4-8,11H,3H2,1-2H3. The van der Waals surface area contributed by atoms with Gasteiger partial charge in [0.15, 0.2) is 0 Å². The molecule has 0 saturated heterocycles. The molecule has 94 valence electrons. The van der Waals surface area contributed by atoms with Crippen molar-refractivity contribution in [1.82, 2.24) is 4.72 Å². The number of benzene rings is 1. The number of sulfonamides is 1. The third-order valence-corrected chi connectivity index (χ3v) is 3.93. The van der Waals surface area contributed by atoms with Crippen LogP contribution in [-0.2, 0) is 10.0 Å². The van der Waals surface area contributed by atoms with Gasteiger partial charge in [0.25, 0.3) is 5.69 Å². The Hall–Kier alpha value is -1.47. The van der Waals surface area contributed by atoms with E-state index < -0.39 is 14.9 Å². The summed E-state index contributed by atoms with van der Waals surface area (Å²) in [5.74, 6) is 0. The molecule has 0 aromatic heterocycles. The Morgan fingerprint density at radius 3 is 2.29 bits per heavy atom. The average molecular weight is 258 g/mol. The first-order valence-electron chi connectivity index (χ1n) is 5.13. The molecule has 0 fully saturated rings. The molecule has 6 nitrogen and oxygen atoms in total. The molecular formula is C10H14N2O4S. The maximum atomic E-state index is 11.8. The van der Waals surface area contributed by atoms with E-state index in [1.54, 1.807) is 6.92 Å². The van der Waals surface area contributed by atoms with Crippen LogP contribution in [-0.4, -0.2) is 19.4 Å². The summed E-state index contributed by atoms with van der Waals surface area (Å²) >= 11 is 0. The van der Waals surface area contributed by atoms with E-state index in [0.717, 1.165) is 0 Å². The van der Waals surface area contributed by atoms with Gasteiger partial charge in [-0.05, 0) is 25.5 Å². The maximum absolute atomic E-state index is 11.8. The van der Waals surface area contributed by atoms with Crippen LogP contribution in [0.1, 0.15) is 20.3 Å². The first-order chi connectivity index (χ1) is 7.86. The van der Waals surface area contributed by atoms with Crippen LogP contribution in [0.3, 0.4) is 0 Å². The molecule has 0 saturated carbocycles. The van der Waals surface area contributed by atoms with Gasteiger partial charge in [-0.15, -0.1) is 0 Å². The number of rotatable bonds is 5. The second-order valence-corrected chi connectivity index (χ2v) is 5.40. The van der Waals surface area contributed by atoms with E-state index in [1.807, 2.05) is 6.92 Å². The summed E-state index contributed by atoms with van der Waals surface area (Å²) in [7, 11) is -3.59.